The summed E-state index contributed by atoms with van der Waals surface area (Å²) in [5.41, 5.74) is 2.33. The number of nitrogens with zero attached hydrogens (tertiary/aromatic N) is 5. The average Bonchev–Trinajstić information content (AvgIpc) is 2.81. The zero-order chi connectivity index (χ0) is 14.1. The van der Waals surface area contributed by atoms with Crippen LogP contribution in [0.3, 0.4) is 0 Å². The second-order valence-corrected chi connectivity index (χ2v) is 5.67. The van der Waals surface area contributed by atoms with Crippen LogP contribution in [0.5, 0.6) is 0 Å². The molecule has 3 heterocycles. The maximum Gasteiger partial charge on any atom is 0.132 e. The van der Waals surface area contributed by atoms with Gasteiger partial charge in [0.25, 0.3) is 0 Å². The number of rotatable bonds is 3. The van der Waals surface area contributed by atoms with Gasteiger partial charge in [-0.1, -0.05) is 13.8 Å². The van der Waals surface area contributed by atoms with Crippen LogP contribution < -0.4 is 4.90 Å². The summed E-state index contributed by atoms with van der Waals surface area (Å²) in [7, 11) is 0. The first kappa shape index (κ1) is 13.0. The van der Waals surface area contributed by atoms with Crippen LogP contribution >= 0.6 is 0 Å². The fraction of sp³-hybridized carbons (Fsp3) is 0.467. The van der Waals surface area contributed by atoms with Crippen molar-refractivity contribution >= 4 is 5.82 Å². The highest BCUT2D eigenvalue weighted by atomic mass is 15.2. The van der Waals surface area contributed by atoms with E-state index in [0.717, 1.165) is 42.7 Å². The molecule has 0 saturated heterocycles. The Labute approximate surface area is 119 Å². The highest BCUT2D eigenvalue weighted by Crippen LogP contribution is 2.25. The standard InChI is InChI=1S/C15H19N5/c1-10(2)6-14-17-7-12-8-20(9-13(12)19-14)15-4-5-16-11(3)18-15/h4-5,7,10H,6,8-9H2,1-3H3. The predicted octanol–water partition coefficient (Wildman–Crippen LogP) is 2.29. The molecule has 0 unspecified atom stereocenters. The molecule has 1 aliphatic rings. The Morgan fingerprint density at radius 1 is 1.20 bits per heavy atom. The normalized spacial score (nSPS) is 13.9. The van der Waals surface area contributed by atoms with E-state index < -0.39 is 0 Å². The van der Waals surface area contributed by atoms with E-state index in [0.29, 0.717) is 5.92 Å². The summed E-state index contributed by atoms with van der Waals surface area (Å²) in [4.78, 5) is 20.0. The third kappa shape index (κ3) is 2.61. The Kier molecular flexibility index (Phi) is 3.34. The topological polar surface area (TPSA) is 54.8 Å². The Morgan fingerprint density at radius 3 is 2.80 bits per heavy atom. The lowest BCUT2D eigenvalue weighted by Crippen LogP contribution is -2.16. The fourth-order valence-electron chi connectivity index (χ4n) is 2.44. The van der Waals surface area contributed by atoms with Crippen molar-refractivity contribution in [3.05, 3.63) is 41.4 Å². The van der Waals surface area contributed by atoms with Gasteiger partial charge in [-0.2, -0.15) is 0 Å². The first-order chi connectivity index (χ1) is 9.61. The number of aryl methyl sites for hydroxylation is 1. The highest BCUT2D eigenvalue weighted by molar-refractivity contribution is 5.44. The summed E-state index contributed by atoms with van der Waals surface area (Å²) in [6.07, 6.45) is 4.70. The smallest absolute Gasteiger partial charge is 0.132 e. The zero-order valence-electron chi connectivity index (χ0n) is 12.2. The lowest BCUT2D eigenvalue weighted by Gasteiger charge is -2.15. The minimum Gasteiger partial charge on any atom is -0.346 e. The second kappa shape index (κ2) is 5.15. The van der Waals surface area contributed by atoms with Crippen molar-refractivity contribution in [1.29, 1.82) is 0 Å². The molecular formula is C15H19N5. The van der Waals surface area contributed by atoms with E-state index in [1.165, 1.54) is 5.56 Å². The average molecular weight is 269 g/mol. The minimum atomic E-state index is 0.579. The van der Waals surface area contributed by atoms with Crippen LogP contribution in [0.4, 0.5) is 5.82 Å². The first-order valence-corrected chi connectivity index (χ1v) is 7.00. The molecule has 0 saturated carbocycles. The third-order valence-electron chi connectivity index (χ3n) is 3.38. The van der Waals surface area contributed by atoms with Gasteiger partial charge in [-0.05, 0) is 18.9 Å². The summed E-state index contributed by atoms with van der Waals surface area (Å²) in [5, 5.41) is 0. The van der Waals surface area contributed by atoms with Crippen LogP contribution in [0.1, 0.15) is 36.8 Å². The van der Waals surface area contributed by atoms with Crippen molar-refractivity contribution in [3.63, 3.8) is 0 Å². The molecule has 0 bridgehead atoms. The van der Waals surface area contributed by atoms with Crippen LogP contribution in [0.2, 0.25) is 0 Å². The maximum absolute atomic E-state index is 4.70. The molecule has 2 aromatic heterocycles. The van der Waals surface area contributed by atoms with Crippen LogP contribution in [-0.2, 0) is 19.5 Å². The number of fused-ring (bicyclic) bond motifs is 1. The molecule has 3 rings (SSSR count). The monoisotopic (exact) mass is 269 g/mol. The quantitative estimate of drug-likeness (QED) is 0.855. The summed E-state index contributed by atoms with van der Waals surface area (Å²) >= 11 is 0. The molecule has 0 N–H and O–H groups in total. The molecule has 0 spiro atoms. The van der Waals surface area contributed by atoms with E-state index in [1.807, 2.05) is 19.2 Å². The SMILES string of the molecule is Cc1nccc(N2Cc3cnc(CC(C)C)nc3C2)n1. The third-order valence-corrected chi connectivity index (χ3v) is 3.38. The van der Waals surface area contributed by atoms with Gasteiger partial charge in [0.2, 0.25) is 0 Å². The van der Waals surface area contributed by atoms with Crippen LogP contribution in [-0.4, -0.2) is 19.9 Å². The summed E-state index contributed by atoms with van der Waals surface area (Å²) < 4.78 is 0. The maximum atomic E-state index is 4.70. The lowest BCUT2D eigenvalue weighted by atomic mass is 10.1. The van der Waals surface area contributed by atoms with E-state index in [9.17, 15) is 0 Å². The summed E-state index contributed by atoms with van der Waals surface area (Å²) in [6.45, 7) is 7.92. The molecule has 5 heteroatoms. The van der Waals surface area contributed by atoms with Gasteiger partial charge in [-0.15, -0.1) is 0 Å². The Balaban J connectivity index is 1.81. The number of hydrogen-bond donors (Lipinski definition) is 0. The van der Waals surface area contributed by atoms with E-state index in [1.54, 1.807) is 6.20 Å². The number of aromatic nitrogens is 4. The Hall–Kier alpha value is -2.04. The van der Waals surface area contributed by atoms with Gasteiger partial charge in [0.15, 0.2) is 0 Å². The van der Waals surface area contributed by atoms with Crippen LogP contribution in [0.25, 0.3) is 0 Å². The molecule has 5 nitrogen and oxygen atoms in total. The lowest BCUT2D eigenvalue weighted by molar-refractivity contribution is 0.617. The molecule has 1 aliphatic heterocycles. The van der Waals surface area contributed by atoms with Gasteiger partial charge < -0.3 is 4.90 Å². The number of hydrogen-bond acceptors (Lipinski definition) is 5. The van der Waals surface area contributed by atoms with Crippen molar-refractivity contribution in [1.82, 2.24) is 19.9 Å². The van der Waals surface area contributed by atoms with Gasteiger partial charge >= 0.3 is 0 Å². The van der Waals surface area contributed by atoms with E-state index in [-0.39, 0.29) is 0 Å². The summed E-state index contributed by atoms with van der Waals surface area (Å²) in [5.74, 6) is 3.28. The molecule has 2 aromatic rings. The van der Waals surface area contributed by atoms with Gasteiger partial charge in [0.05, 0.1) is 12.2 Å². The van der Waals surface area contributed by atoms with Crippen molar-refractivity contribution in [2.45, 2.75) is 40.3 Å². The van der Waals surface area contributed by atoms with Crippen molar-refractivity contribution in [2.75, 3.05) is 4.90 Å². The molecular weight excluding hydrogens is 250 g/mol. The van der Waals surface area contributed by atoms with Gasteiger partial charge in [0, 0.05) is 30.9 Å². The molecule has 0 aliphatic carbocycles. The van der Waals surface area contributed by atoms with Crippen LogP contribution in [0.15, 0.2) is 18.5 Å². The Morgan fingerprint density at radius 2 is 2.05 bits per heavy atom. The zero-order valence-corrected chi connectivity index (χ0v) is 12.2. The first-order valence-electron chi connectivity index (χ1n) is 7.00. The fourth-order valence-corrected chi connectivity index (χ4v) is 2.44. The highest BCUT2D eigenvalue weighted by Gasteiger charge is 2.22. The van der Waals surface area contributed by atoms with Gasteiger partial charge in [-0.25, -0.2) is 19.9 Å². The van der Waals surface area contributed by atoms with Gasteiger partial charge in [-0.3, -0.25) is 0 Å². The van der Waals surface area contributed by atoms with Crippen molar-refractivity contribution < 1.29 is 0 Å². The van der Waals surface area contributed by atoms with Crippen molar-refractivity contribution in [3.8, 4) is 0 Å². The van der Waals surface area contributed by atoms with E-state index >= 15 is 0 Å². The molecule has 20 heavy (non-hydrogen) atoms. The predicted molar refractivity (Wildman–Crippen MR) is 77.2 cm³/mol. The van der Waals surface area contributed by atoms with E-state index in [4.69, 9.17) is 4.98 Å². The summed E-state index contributed by atoms with van der Waals surface area (Å²) in [6, 6.07) is 1.95. The van der Waals surface area contributed by atoms with Crippen LogP contribution in [0, 0.1) is 12.8 Å². The molecule has 104 valence electrons. The molecule has 0 atom stereocenters. The minimum absolute atomic E-state index is 0.579. The second-order valence-electron chi connectivity index (χ2n) is 5.67. The molecule has 0 fully saturated rings. The van der Waals surface area contributed by atoms with Crippen molar-refractivity contribution in [2.24, 2.45) is 5.92 Å². The molecule has 0 radical (unpaired) electrons. The van der Waals surface area contributed by atoms with E-state index in [2.05, 4.69) is 33.7 Å². The number of anilines is 1. The molecule has 0 aromatic carbocycles. The molecule has 0 amide bonds. The van der Waals surface area contributed by atoms with Gasteiger partial charge in [0.1, 0.15) is 17.5 Å². The Bertz CT molecular complexity index is 623. The largest absolute Gasteiger partial charge is 0.346 e.